The van der Waals surface area contributed by atoms with E-state index in [-0.39, 0.29) is 29.9 Å². The smallest absolute Gasteiger partial charge is 0.367 e. The highest BCUT2D eigenvalue weighted by Crippen LogP contribution is 2.65. The molecule has 3 atom stereocenters. The van der Waals surface area contributed by atoms with E-state index < -0.39 is 0 Å². The summed E-state index contributed by atoms with van der Waals surface area (Å²) < 4.78 is 5.80. The molecule has 0 heterocycles. The number of amides is 1. The van der Waals surface area contributed by atoms with Crippen LogP contribution in [0.4, 0.5) is 0 Å². The van der Waals surface area contributed by atoms with Crippen LogP contribution >= 0.6 is 0 Å². The maximum atomic E-state index is 12.6. The number of nitrogens with zero attached hydrogens (tertiary/aromatic N) is 1. The van der Waals surface area contributed by atoms with Gasteiger partial charge in [0.1, 0.15) is 5.75 Å². The number of fused-ring (bicyclic) bond motifs is 2. The van der Waals surface area contributed by atoms with Crippen LogP contribution in [0, 0.1) is 16.7 Å². The van der Waals surface area contributed by atoms with Gasteiger partial charge in [-0.1, -0.05) is 39.0 Å². The van der Waals surface area contributed by atoms with Crippen molar-refractivity contribution in [2.45, 2.75) is 52.5 Å². The van der Waals surface area contributed by atoms with Gasteiger partial charge in [0.2, 0.25) is 5.91 Å². The topological polar surface area (TPSA) is 55.4 Å². The van der Waals surface area contributed by atoms with Crippen molar-refractivity contribution < 1.29 is 18.8 Å². The Hall–Kier alpha value is -1.88. The van der Waals surface area contributed by atoms with Gasteiger partial charge in [-0.15, -0.1) is 0 Å². The molecule has 1 aromatic carbocycles. The van der Waals surface area contributed by atoms with E-state index in [1.54, 1.807) is 12.1 Å². The van der Waals surface area contributed by atoms with Crippen LogP contribution in [0.25, 0.3) is 0 Å². The Labute approximate surface area is 169 Å². The molecule has 1 N–H and O–H groups in total. The summed E-state index contributed by atoms with van der Waals surface area (Å²) in [5, 5.41) is 3.31. The van der Waals surface area contributed by atoms with Crippen molar-refractivity contribution in [1.82, 2.24) is 5.32 Å². The molecule has 2 fully saturated rings. The first-order valence-electron chi connectivity index (χ1n) is 10.4. The number of nitrogens with one attached hydrogen (secondary N) is 1. The summed E-state index contributed by atoms with van der Waals surface area (Å²) in [7, 11) is 3.92. The zero-order valence-corrected chi connectivity index (χ0v) is 18.0. The quantitative estimate of drug-likeness (QED) is 0.443. The molecule has 2 saturated carbocycles. The summed E-state index contributed by atoms with van der Waals surface area (Å²) in [6, 6.07) is 9.36. The largest absolute Gasteiger partial charge is 0.422 e. The number of hydrogen-bond donors (Lipinski definition) is 1. The normalized spacial score (nSPS) is 28.2. The van der Waals surface area contributed by atoms with E-state index >= 15 is 0 Å². The fourth-order valence-corrected chi connectivity index (χ4v) is 5.17. The van der Waals surface area contributed by atoms with Crippen molar-refractivity contribution in [3.05, 3.63) is 30.3 Å². The molecule has 0 unspecified atom stereocenters. The second-order valence-corrected chi connectivity index (χ2v) is 10.1. The standard InChI is InChI=1S/C23H34N2O3/c1-22(2)17-11-13-23(22,3)19(15-17)24-20(26)12-14-25(4,5)16-21(27)28-18-9-7-6-8-10-18/h6-10,17,19H,11-16H2,1-5H3/p+1/t17-,19-,23+/m1/s1. The number of carbonyl (C=O) groups excluding carboxylic acids is 2. The predicted octanol–water partition coefficient (Wildman–Crippen LogP) is 3.39. The number of para-hydroxylation sites is 1. The summed E-state index contributed by atoms with van der Waals surface area (Å²) in [5.74, 6) is 1.08. The van der Waals surface area contributed by atoms with Crippen molar-refractivity contribution in [3.63, 3.8) is 0 Å². The number of carbonyl (C=O) groups is 2. The maximum absolute atomic E-state index is 12.6. The van der Waals surface area contributed by atoms with Crippen molar-refractivity contribution in [2.24, 2.45) is 16.7 Å². The molecule has 1 amide bonds. The zero-order chi connectivity index (χ0) is 20.6. The molecule has 28 heavy (non-hydrogen) atoms. The molecule has 0 aliphatic heterocycles. The minimum Gasteiger partial charge on any atom is -0.422 e. The van der Waals surface area contributed by atoms with Crippen LogP contribution < -0.4 is 10.1 Å². The summed E-state index contributed by atoms with van der Waals surface area (Å²) in [5.41, 5.74) is 0.485. The van der Waals surface area contributed by atoms with Crippen LogP contribution in [0.15, 0.2) is 30.3 Å². The van der Waals surface area contributed by atoms with Crippen molar-refractivity contribution >= 4 is 11.9 Å². The van der Waals surface area contributed by atoms with Crippen molar-refractivity contribution in [2.75, 3.05) is 27.2 Å². The second-order valence-electron chi connectivity index (χ2n) is 10.1. The van der Waals surface area contributed by atoms with Gasteiger partial charge in [0.05, 0.1) is 27.1 Å². The van der Waals surface area contributed by atoms with Gasteiger partial charge in [0, 0.05) is 6.04 Å². The van der Waals surface area contributed by atoms with Gasteiger partial charge >= 0.3 is 5.97 Å². The monoisotopic (exact) mass is 387 g/mol. The van der Waals surface area contributed by atoms with Gasteiger partial charge in [-0.25, -0.2) is 4.79 Å². The first-order chi connectivity index (χ1) is 13.0. The van der Waals surface area contributed by atoms with Gasteiger partial charge in [0.25, 0.3) is 0 Å². The highest BCUT2D eigenvalue weighted by Gasteiger charge is 2.61. The Morgan fingerprint density at radius 3 is 2.43 bits per heavy atom. The lowest BCUT2D eigenvalue weighted by atomic mass is 9.69. The van der Waals surface area contributed by atoms with E-state index in [1.165, 1.54) is 12.8 Å². The lowest BCUT2D eigenvalue weighted by Crippen LogP contribution is -2.50. The number of hydrogen-bond acceptors (Lipinski definition) is 3. The van der Waals surface area contributed by atoms with E-state index in [0.717, 1.165) is 6.42 Å². The maximum Gasteiger partial charge on any atom is 0.367 e. The third-order valence-corrected chi connectivity index (χ3v) is 7.61. The lowest BCUT2D eigenvalue weighted by molar-refractivity contribution is -0.882. The molecule has 5 nitrogen and oxygen atoms in total. The highest BCUT2D eigenvalue weighted by molar-refractivity contribution is 5.76. The van der Waals surface area contributed by atoms with Crippen LogP contribution in [0.1, 0.15) is 46.5 Å². The number of ether oxygens (including phenoxy) is 1. The fraction of sp³-hybridized carbons (Fsp3) is 0.652. The summed E-state index contributed by atoms with van der Waals surface area (Å²) in [4.78, 5) is 24.8. The van der Waals surface area contributed by atoms with Gasteiger partial charge < -0.3 is 14.5 Å². The zero-order valence-electron chi connectivity index (χ0n) is 18.0. The molecule has 2 aliphatic rings. The van der Waals surface area contributed by atoms with Gasteiger partial charge in [-0.2, -0.15) is 0 Å². The Morgan fingerprint density at radius 1 is 1.18 bits per heavy atom. The summed E-state index contributed by atoms with van der Waals surface area (Å²) in [6.45, 7) is 7.89. The minimum absolute atomic E-state index is 0.0946. The number of benzene rings is 1. The van der Waals surface area contributed by atoms with Crippen LogP contribution in [0.5, 0.6) is 5.75 Å². The van der Waals surface area contributed by atoms with Crippen LogP contribution in [-0.4, -0.2) is 49.6 Å². The highest BCUT2D eigenvalue weighted by atomic mass is 16.5. The lowest BCUT2D eigenvalue weighted by Gasteiger charge is -2.39. The summed E-state index contributed by atoms with van der Waals surface area (Å²) >= 11 is 0. The van der Waals surface area contributed by atoms with Gasteiger partial charge in [-0.05, 0) is 48.1 Å². The van der Waals surface area contributed by atoms with Crippen LogP contribution in [0.2, 0.25) is 0 Å². The molecule has 3 rings (SSSR count). The van der Waals surface area contributed by atoms with E-state index in [9.17, 15) is 9.59 Å². The van der Waals surface area contributed by atoms with Crippen LogP contribution in [-0.2, 0) is 9.59 Å². The van der Waals surface area contributed by atoms with Gasteiger partial charge in [-0.3, -0.25) is 4.79 Å². The molecule has 154 valence electrons. The Kier molecular flexibility index (Phi) is 5.59. The molecule has 5 heteroatoms. The molecule has 0 spiro atoms. The Morgan fingerprint density at radius 2 is 1.86 bits per heavy atom. The predicted molar refractivity (Wildman–Crippen MR) is 110 cm³/mol. The summed E-state index contributed by atoms with van der Waals surface area (Å²) in [6.07, 6.45) is 3.99. The van der Waals surface area contributed by atoms with E-state index in [2.05, 4.69) is 26.1 Å². The second kappa shape index (κ2) is 7.51. The first-order valence-corrected chi connectivity index (χ1v) is 10.4. The average molecular weight is 388 g/mol. The Balaban J connectivity index is 1.47. The molecule has 0 saturated heterocycles. The first kappa shape index (κ1) is 20.8. The molecule has 1 aromatic rings. The molecule has 0 aromatic heterocycles. The number of esters is 1. The third-order valence-electron chi connectivity index (χ3n) is 7.61. The fourth-order valence-electron chi connectivity index (χ4n) is 5.17. The van der Waals surface area contributed by atoms with Crippen molar-refractivity contribution in [3.8, 4) is 5.75 Å². The van der Waals surface area contributed by atoms with E-state index in [1.807, 2.05) is 32.3 Å². The third kappa shape index (κ3) is 4.09. The van der Waals surface area contributed by atoms with Gasteiger partial charge in [0.15, 0.2) is 6.54 Å². The van der Waals surface area contributed by atoms with E-state index in [0.29, 0.717) is 34.5 Å². The SMILES string of the molecule is CC1(C)[C@@H]2CC[C@@]1(C)[C@H](NC(=O)CC[N+](C)(C)CC(=O)Oc1ccccc1)C2. The minimum atomic E-state index is -0.279. The molecule has 2 bridgehead atoms. The molecular formula is C23H35N2O3+. The molecule has 2 aliphatic carbocycles. The number of rotatable bonds is 7. The Bertz CT molecular complexity index is 729. The van der Waals surface area contributed by atoms with E-state index in [4.69, 9.17) is 4.74 Å². The van der Waals surface area contributed by atoms with Crippen molar-refractivity contribution in [1.29, 1.82) is 0 Å². The molecule has 0 radical (unpaired) electrons. The molecular weight excluding hydrogens is 352 g/mol. The van der Waals surface area contributed by atoms with Crippen LogP contribution in [0.3, 0.4) is 0 Å². The number of likely N-dealkylation sites (N-methyl/N-ethyl adjacent to an activating group) is 1. The average Bonchev–Trinajstić information content (AvgIpc) is 2.94. The number of quaternary nitrogens is 1.